The minimum atomic E-state index is 0.300. The van der Waals surface area contributed by atoms with Crippen LogP contribution in [-0.2, 0) is 0 Å². The van der Waals surface area contributed by atoms with Crippen LogP contribution in [0.5, 0.6) is 0 Å². The Morgan fingerprint density at radius 3 is 2.57 bits per heavy atom. The molecule has 2 atom stereocenters. The van der Waals surface area contributed by atoms with Gasteiger partial charge in [-0.2, -0.15) is 0 Å². The molecule has 1 aromatic rings. The second-order valence-corrected chi connectivity index (χ2v) is 7.80. The highest BCUT2D eigenvalue weighted by atomic mass is 14.9. The molecule has 0 heterocycles. The predicted octanol–water partition coefficient (Wildman–Crippen LogP) is 7.97. The van der Waals surface area contributed by atoms with Gasteiger partial charge in [0.2, 0.25) is 0 Å². The molecule has 1 nitrogen and oxygen atoms in total. The number of nitrogens with one attached hydrogen (secondary N) is 1. The lowest BCUT2D eigenvalue weighted by molar-refractivity contribution is 0.725. The maximum absolute atomic E-state index is 4.15. The molecule has 0 radical (unpaired) electrons. The fourth-order valence-corrected chi connectivity index (χ4v) is 4.31. The van der Waals surface area contributed by atoms with Crippen molar-refractivity contribution < 1.29 is 0 Å². The van der Waals surface area contributed by atoms with Crippen LogP contribution in [0.1, 0.15) is 39.2 Å². The zero-order chi connectivity index (χ0) is 21.5. The largest absolute Gasteiger partial charge is 0.379 e. The summed E-state index contributed by atoms with van der Waals surface area (Å²) in [4.78, 5) is 0. The van der Waals surface area contributed by atoms with E-state index in [9.17, 15) is 0 Å². The second kappa shape index (κ2) is 10.1. The van der Waals surface area contributed by atoms with Crippen molar-refractivity contribution in [3.05, 3.63) is 120 Å². The molecule has 1 heteroatoms. The fourth-order valence-electron chi connectivity index (χ4n) is 4.31. The lowest BCUT2D eigenvalue weighted by atomic mass is 9.73. The van der Waals surface area contributed by atoms with Crippen molar-refractivity contribution in [3.8, 4) is 0 Å². The van der Waals surface area contributed by atoms with Gasteiger partial charge >= 0.3 is 0 Å². The highest BCUT2D eigenvalue weighted by molar-refractivity contribution is 5.83. The first-order chi connectivity index (χ1) is 14.6. The van der Waals surface area contributed by atoms with Crippen molar-refractivity contribution in [3.63, 3.8) is 0 Å². The summed E-state index contributed by atoms with van der Waals surface area (Å²) in [7, 11) is 0. The SMILES string of the molecule is C=C/C=C\C(CC)Nc1ccc(/C(C=C)=C2\C=CCC3C2=C(C)C=C/C3=C/C)cc1. The van der Waals surface area contributed by atoms with Gasteiger partial charge in [-0.15, -0.1) is 0 Å². The van der Waals surface area contributed by atoms with Crippen molar-refractivity contribution >= 4 is 11.3 Å². The Morgan fingerprint density at radius 2 is 1.93 bits per heavy atom. The minimum Gasteiger partial charge on any atom is -0.379 e. The molecule has 0 aliphatic heterocycles. The summed E-state index contributed by atoms with van der Waals surface area (Å²) in [6.45, 7) is 14.4. The van der Waals surface area contributed by atoms with E-state index >= 15 is 0 Å². The van der Waals surface area contributed by atoms with E-state index in [0.717, 1.165) is 18.5 Å². The lowest BCUT2D eigenvalue weighted by Gasteiger charge is -2.31. The third kappa shape index (κ3) is 4.57. The molecule has 2 aliphatic carbocycles. The highest BCUT2D eigenvalue weighted by Gasteiger charge is 2.27. The summed E-state index contributed by atoms with van der Waals surface area (Å²) in [6.07, 6.45) is 21.4. The standard InChI is InChI=1S/C29H33N/c1-6-10-12-24(8-3)30-25-19-17-23(18-20-25)26(9-4)28-14-11-13-27-22(7-2)16-15-21(5)29(27)28/h6-7,9-12,14-20,24,27,30H,1,4,8,13H2,2-3,5H3/b12-10-,22-7-,28-26+. The maximum atomic E-state index is 4.15. The molecule has 0 amide bonds. The quantitative estimate of drug-likeness (QED) is 0.462. The van der Waals surface area contributed by atoms with E-state index < -0.39 is 0 Å². The predicted molar refractivity (Wildman–Crippen MR) is 133 cm³/mol. The molecule has 0 bridgehead atoms. The van der Waals surface area contributed by atoms with E-state index in [1.807, 2.05) is 18.2 Å². The zero-order valence-corrected chi connectivity index (χ0v) is 18.5. The summed E-state index contributed by atoms with van der Waals surface area (Å²) in [6, 6.07) is 9.01. The van der Waals surface area contributed by atoms with Gasteiger partial charge in [0.15, 0.2) is 0 Å². The van der Waals surface area contributed by atoms with Crippen LogP contribution >= 0.6 is 0 Å². The van der Waals surface area contributed by atoms with Gasteiger partial charge in [-0.3, -0.25) is 0 Å². The molecule has 0 spiro atoms. The fraction of sp³-hybridized carbons (Fsp3) is 0.241. The first kappa shape index (κ1) is 21.6. The van der Waals surface area contributed by atoms with Crippen LogP contribution < -0.4 is 5.32 Å². The Balaban J connectivity index is 1.96. The number of hydrogen-bond donors (Lipinski definition) is 1. The average Bonchev–Trinajstić information content (AvgIpc) is 2.78. The molecule has 0 fully saturated rings. The van der Waals surface area contributed by atoms with Crippen LogP contribution in [0.3, 0.4) is 0 Å². The summed E-state index contributed by atoms with van der Waals surface area (Å²) < 4.78 is 0. The van der Waals surface area contributed by atoms with Crippen molar-refractivity contribution in [2.75, 3.05) is 5.32 Å². The Labute approximate surface area is 182 Å². The van der Waals surface area contributed by atoms with Gasteiger partial charge in [0, 0.05) is 17.6 Å². The molecule has 30 heavy (non-hydrogen) atoms. The van der Waals surface area contributed by atoms with Crippen LogP contribution in [0.4, 0.5) is 5.69 Å². The van der Waals surface area contributed by atoms with Gasteiger partial charge in [0.1, 0.15) is 0 Å². The van der Waals surface area contributed by atoms with Crippen LogP contribution in [0.2, 0.25) is 0 Å². The van der Waals surface area contributed by atoms with Gasteiger partial charge < -0.3 is 5.32 Å². The molecule has 3 rings (SSSR count). The Kier molecular flexibility index (Phi) is 7.30. The van der Waals surface area contributed by atoms with E-state index in [2.05, 4.69) is 100.0 Å². The number of anilines is 1. The van der Waals surface area contributed by atoms with Crippen LogP contribution in [0, 0.1) is 5.92 Å². The van der Waals surface area contributed by atoms with Crippen molar-refractivity contribution in [1.29, 1.82) is 0 Å². The van der Waals surface area contributed by atoms with Crippen molar-refractivity contribution in [2.45, 2.75) is 39.7 Å². The molecule has 1 aromatic carbocycles. The summed E-state index contributed by atoms with van der Waals surface area (Å²) in [5.41, 5.74) is 9.00. The number of benzene rings is 1. The van der Waals surface area contributed by atoms with E-state index in [1.165, 1.54) is 33.4 Å². The zero-order valence-electron chi connectivity index (χ0n) is 18.5. The Morgan fingerprint density at radius 1 is 1.17 bits per heavy atom. The first-order valence-corrected chi connectivity index (χ1v) is 10.9. The average molecular weight is 396 g/mol. The number of rotatable bonds is 7. The van der Waals surface area contributed by atoms with Gasteiger partial charge in [-0.25, -0.2) is 0 Å². The smallest absolute Gasteiger partial charge is 0.0444 e. The van der Waals surface area contributed by atoms with Gasteiger partial charge in [0.25, 0.3) is 0 Å². The molecular weight excluding hydrogens is 362 g/mol. The van der Waals surface area contributed by atoms with Crippen LogP contribution in [0.25, 0.3) is 5.57 Å². The number of fused-ring (bicyclic) bond motifs is 1. The molecule has 0 saturated heterocycles. The molecule has 2 unspecified atom stereocenters. The maximum Gasteiger partial charge on any atom is 0.0444 e. The topological polar surface area (TPSA) is 12.0 Å². The first-order valence-electron chi connectivity index (χ1n) is 10.9. The summed E-state index contributed by atoms with van der Waals surface area (Å²) in [5.74, 6) is 0.442. The normalized spacial score (nSPS) is 22.2. The van der Waals surface area contributed by atoms with E-state index in [0.29, 0.717) is 12.0 Å². The number of hydrogen-bond acceptors (Lipinski definition) is 1. The highest BCUT2D eigenvalue weighted by Crippen LogP contribution is 2.43. The second-order valence-electron chi connectivity index (χ2n) is 7.80. The van der Waals surface area contributed by atoms with Crippen LogP contribution in [-0.4, -0.2) is 6.04 Å². The monoisotopic (exact) mass is 395 g/mol. The molecule has 154 valence electrons. The minimum absolute atomic E-state index is 0.300. The molecule has 1 N–H and O–H groups in total. The van der Waals surface area contributed by atoms with E-state index in [1.54, 1.807) is 0 Å². The van der Waals surface area contributed by atoms with Crippen LogP contribution in [0.15, 0.2) is 114 Å². The third-order valence-corrected chi connectivity index (χ3v) is 5.94. The molecule has 0 saturated carbocycles. The third-order valence-electron chi connectivity index (χ3n) is 5.94. The van der Waals surface area contributed by atoms with Gasteiger partial charge in [-0.05, 0) is 72.3 Å². The van der Waals surface area contributed by atoms with Gasteiger partial charge in [0.05, 0.1) is 0 Å². The lowest BCUT2D eigenvalue weighted by Crippen LogP contribution is -2.16. The summed E-state index contributed by atoms with van der Waals surface area (Å²) in [5, 5.41) is 3.58. The molecule has 0 aromatic heterocycles. The Hall–Kier alpha value is -3.06. The molecular formula is C29H33N. The summed E-state index contributed by atoms with van der Waals surface area (Å²) >= 11 is 0. The molecule has 2 aliphatic rings. The van der Waals surface area contributed by atoms with Crippen molar-refractivity contribution in [1.82, 2.24) is 0 Å². The van der Waals surface area contributed by atoms with E-state index in [-0.39, 0.29) is 0 Å². The van der Waals surface area contributed by atoms with Crippen molar-refractivity contribution in [2.24, 2.45) is 5.92 Å². The number of allylic oxidation sites excluding steroid dienone is 13. The van der Waals surface area contributed by atoms with Gasteiger partial charge in [-0.1, -0.05) is 86.9 Å². The van der Waals surface area contributed by atoms with E-state index in [4.69, 9.17) is 0 Å². The Bertz CT molecular complexity index is 974.